The Morgan fingerprint density at radius 1 is 1.20 bits per heavy atom. The van der Waals surface area contributed by atoms with Gasteiger partial charge in [0, 0.05) is 16.7 Å². The van der Waals surface area contributed by atoms with Gasteiger partial charge in [0.15, 0.2) is 0 Å². The zero-order valence-electron chi connectivity index (χ0n) is 10.9. The van der Waals surface area contributed by atoms with E-state index in [0.717, 1.165) is 5.69 Å². The molecule has 0 bridgehead atoms. The standard InChI is InChI=1S/C15H14BrFN2O/c1-2-18-13-9-4-3-6-10(13)15(20)19-14-11(16)7-5-8-12(14)17/h3-9,18H,2H2,1H3,(H,19,20). The van der Waals surface area contributed by atoms with Crippen LogP contribution in [0, 0.1) is 5.82 Å². The van der Waals surface area contributed by atoms with Gasteiger partial charge in [-0.2, -0.15) is 0 Å². The molecule has 0 radical (unpaired) electrons. The second-order valence-corrected chi connectivity index (χ2v) is 4.98. The molecule has 0 spiro atoms. The molecule has 0 atom stereocenters. The van der Waals surface area contributed by atoms with Gasteiger partial charge in [0.25, 0.3) is 5.91 Å². The molecule has 0 unspecified atom stereocenters. The maximum atomic E-state index is 13.7. The number of para-hydroxylation sites is 2. The van der Waals surface area contributed by atoms with Crippen molar-refractivity contribution in [1.82, 2.24) is 0 Å². The largest absolute Gasteiger partial charge is 0.385 e. The Kier molecular flexibility index (Phi) is 4.74. The van der Waals surface area contributed by atoms with Crippen LogP contribution in [0.2, 0.25) is 0 Å². The number of hydrogen-bond donors (Lipinski definition) is 2. The summed E-state index contributed by atoms with van der Waals surface area (Å²) < 4.78 is 14.2. The molecule has 0 saturated heterocycles. The molecule has 20 heavy (non-hydrogen) atoms. The minimum atomic E-state index is -0.478. The second-order valence-electron chi connectivity index (χ2n) is 4.13. The van der Waals surface area contributed by atoms with Crippen molar-refractivity contribution < 1.29 is 9.18 Å². The summed E-state index contributed by atoms with van der Waals surface area (Å²) in [6, 6.07) is 11.7. The summed E-state index contributed by atoms with van der Waals surface area (Å²) in [5, 5.41) is 5.70. The van der Waals surface area contributed by atoms with Gasteiger partial charge in [0.2, 0.25) is 0 Å². The van der Waals surface area contributed by atoms with Crippen LogP contribution in [0.4, 0.5) is 15.8 Å². The van der Waals surface area contributed by atoms with Gasteiger partial charge in [0.1, 0.15) is 5.82 Å². The van der Waals surface area contributed by atoms with Crippen molar-refractivity contribution in [3.63, 3.8) is 0 Å². The van der Waals surface area contributed by atoms with Gasteiger partial charge >= 0.3 is 0 Å². The van der Waals surface area contributed by atoms with Gasteiger partial charge in [-0.15, -0.1) is 0 Å². The van der Waals surface area contributed by atoms with E-state index >= 15 is 0 Å². The maximum absolute atomic E-state index is 13.7. The predicted molar refractivity (Wildman–Crippen MR) is 82.7 cm³/mol. The van der Waals surface area contributed by atoms with Crippen LogP contribution >= 0.6 is 15.9 Å². The molecule has 5 heteroatoms. The molecule has 2 N–H and O–H groups in total. The van der Waals surface area contributed by atoms with Crippen molar-refractivity contribution in [2.24, 2.45) is 0 Å². The smallest absolute Gasteiger partial charge is 0.257 e. The number of carbonyl (C=O) groups is 1. The van der Waals surface area contributed by atoms with Gasteiger partial charge in [-0.1, -0.05) is 18.2 Å². The summed E-state index contributed by atoms with van der Waals surface area (Å²) in [6.45, 7) is 2.65. The summed E-state index contributed by atoms with van der Waals surface area (Å²) in [5.41, 5.74) is 1.34. The van der Waals surface area contributed by atoms with Crippen molar-refractivity contribution in [3.05, 3.63) is 58.3 Å². The maximum Gasteiger partial charge on any atom is 0.257 e. The first-order valence-electron chi connectivity index (χ1n) is 6.21. The molecule has 0 heterocycles. The van der Waals surface area contributed by atoms with E-state index in [1.165, 1.54) is 6.07 Å². The SMILES string of the molecule is CCNc1ccccc1C(=O)Nc1c(F)cccc1Br. The number of nitrogens with one attached hydrogen (secondary N) is 2. The quantitative estimate of drug-likeness (QED) is 0.875. The highest BCUT2D eigenvalue weighted by Crippen LogP contribution is 2.26. The first kappa shape index (κ1) is 14.5. The van der Waals surface area contributed by atoms with E-state index in [1.54, 1.807) is 24.3 Å². The van der Waals surface area contributed by atoms with E-state index in [2.05, 4.69) is 26.6 Å². The normalized spacial score (nSPS) is 10.2. The van der Waals surface area contributed by atoms with Crippen molar-refractivity contribution in [2.45, 2.75) is 6.92 Å². The van der Waals surface area contributed by atoms with Crippen LogP contribution in [-0.4, -0.2) is 12.5 Å². The fourth-order valence-electron chi connectivity index (χ4n) is 1.82. The third-order valence-corrected chi connectivity index (χ3v) is 3.40. The van der Waals surface area contributed by atoms with Gasteiger partial charge < -0.3 is 10.6 Å². The average Bonchev–Trinajstić information content (AvgIpc) is 2.44. The van der Waals surface area contributed by atoms with Crippen LogP contribution in [0.3, 0.4) is 0 Å². The zero-order chi connectivity index (χ0) is 14.5. The van der Waals surface area contributed by atoms with Crippen molar-refractivity contribution in [3.8, 4) is 0 Å². The zero-order valence-corrected chi connectivity index (χ0v) is 12.5. The molecule has 0 aromatic heterocycles. The highest BCUT2D eigenvalue weighted by atomic mass is 79.9. The van der Waals surface area contributed by atoms with Crippen molar-refractivity contribution in [2.75, 3.05) is 17.2 Å². The molecule has 104 valence electrons. The summed E-state index contributed by atoms with van der Waals surface area (Å²) in [4.78, 5) is 12.3. The number of carbonyl (C=O) groups excluding carboxylic acids is 1. The van der Waals surface area contributed by atoms with Gasteiger partial charge in [-0.25, -0.2) is 4.39 Å². The lowest BCUT2D eigenvalue weighted by Crippen LogP contribution is -2.16. The topological polar surface area (TPSA) is 41.1 Å². The Morgan fingerprint density at radius 2 is 1.95 bits per heavy atom. The number of rotatable bonds is 4. The highest BCUT2D eigenvalue weighted by Gasteiger charge is 2.14. The van der Waals surface area contributed by atoms with E-state index in [9.17, 15) is 9.18 Å². The van der Waals surface area contributed by atoms with Crippen LogP contribution < -0.4 is 10.6 Å². The first-order chi connectivity index (χ1) is 9.63. The Labute approximate surface area is 125 Å². The van der Waals surface area contributed by atoms with Crippen LogP contribution in [0.1, 0.15) is 17.3 Å². The average molecular weight is 337 g/mol. The van der Waals surface area contributed by atoms with Gasteiger partial charge in [-0.05, 0) is 47.1 Å². The Balaban J connectivity index is 2.29. The Morgan fingerprint density at radius 3 is 2.65 bits per heavy atom. The first-order valence-corrected chi connectivity index (χ1v) is 7.01. The van der Waals surface area contributed by atoms with Crippen LogP contribution in [0.25, 0.3) is 0 Å². The lowest BCUT2D eigenvalue weighted by molar-refractivity contribution is 0.102. The molecule has 0 fully saturated rings. The van der Waals surface area contributed by atoms with Crippen molar-refractivity contribution >= 4 is 33.2 Å². The summed E-state index contributed by atoms with van der Waals surface area (Å²) in [6.07, 6.45) is 0. The lowest BCUT2D eigenvalue weighted by Gasteiger charge is -2.12. The number of anilines is 2. The van der Waals surface area contributed by atoms with Gasteiger partial charge in [0.05, 0.1) is 11.3 Å². The molecule has 1 amide bonds. The number of halogens is 2. The number of benzene rings is 2. The molecular formula is C15H14BrFN2O. The molecule has 3 nitrogen and oxygen atoms in total. The monoisotopic (exact) mass is 336 g/mol. The second kappa shape index (κ2) is 6.52. The minimum absolute atomic E-state index is 0.142. The number of hydrogen-bond acceptors (Lipinski definition) is 2. The fraction of sp³-hybridized carbons (Fsp3) is 0.133. The fourth-order valence-corrected chi connectivity index (χ4v) is 2.26. The van der Waals surface area contributed by atoms with Crippen molar-refractivity contribution in [1.29, 1.82) is 0 Å². The third-order valence-electron chi connectivity index (χ3n) is 2.74. The molecule has 2 aromatic rings. The molecule has 0 aliphatic heterocycles. The van der Waals surface area contributed by atoms with Gasteiger partial charge in [-0.3, -0.25) is 4.79 Å². The van der Waals surface area contributed by atoms with Crippen LogP contribution in [0.15, 0.2) is 46.9 Å². The van der Waals surface area contributed by atoms with Crippen LogP contribution in [-0.2, 0) is 0 Å². The summed E-state index contributed by atoms with van der Waals surface area (Å²) >= 11 is 3.23. The summed E-state index contributed by atoms with van der Waals surface area (Å²) in [5.74, 6) is -0.832. The van der Waals surface area contributed by atoms with Crippen LogP contribution in [0.5, 0.6) is 0 Å². The molecule has 0 aliphatic rings. The van der Waals surface area contributed by atoms with E-state index in [-0.39, 0.29) is 11.6 Å². The predicted octanol–water partition coefficient (Wildman–Crippen LogP) is 4.27. The third kappa shape index (κ3) is 3.17. The van der Waals surface area contributed by atoms with E-state index < -0.39 is 5.82 Å². The van der Waals surface area contributed by atoms with E-state index in [4.69, 9.17) is 0 Å². The Hall–Kier alpha value is -1.88. The van der Waals surface area contributed by atoms with E-state index in [0.29, 0.717) is 16.6 Å². The molecule has 2 rings (SSSR count). The molecule has 0 saturated carbocycles. The molecular weight excluding hydrogens is 323 g/mol. The molecule has 2 aromatic carbocycles. The van der Waals surface area contributed by atoms with E-state index in [1.807, 2.05) is 19.1 Å². The Bertz CT molecular complexity index is 611. The summed E-state index contributed by atoms with van der Waals surface area (Å²) in [7, 11) is 0. The lowest BCUT2D eigenvalue weighted by atomic mass is 10.1. The molecule has 0 aliphatic carbocycles. The number of amides is 1. The minimum Gasteiger partial charge on any atom is -0.385 e. The highest BCUT2D eigenvalue weighted by molar-refractivity contribution is 9.10.